The molecular formula is C50H97NO8. The van der Waals surface area contributed by atoms with Crippen LogP contribution in [-0.2, 0) is 14.3 Å². The maximum atomic E-state index is 12.8. The van der Waals surface area contributed by atoms with E-state index in [1.165, 1.54) is 193 Å². The number of nitrogens with one attached hydrogen (secondary N) is 1. The molecule has 0 bridgehead atoms. The quantitative estimate of drug-likeness (QED) is 0.0263. The van der Waals surface area contributed by atoms with Crippen molar-refractivity contribution >= 4 is 5.91 Å². The van der Waals surface area contributed by atoms with E-state index in [-0.39, 0.29) is 12.5 Å². The maximum absolute atomic E-state index is 12.8. The van der Waals surface area contributed by atoms with Gasteiger partial charge in [0, 0.05) is 6.42 Å². The lowest BCUT2D eigenvalue weighted by atomic mass is 9.99. The average Bonchev–Trinajstić information content (AvgIpc) is 3.23. The summed E-state index contributed by atoms with van der Waals surface area (Å²) in [5.74, 6) is -0.184. The van der Waals surface area contributed by atoms with Gasteiger partial charge in [0.25, 0.3) is 0 Å². The summed E-state index contributed by atoms with van der Waals surface area (Å²) in [6.07, 6.45) is 42.6. The van der Waals surface area contributed by atoms with Gasteiger partial charge in [-0.25, -0.2) is 0 Å². The monoisotopic (exact) mass is 840 g/mol. The van der Waals surface area contributed by atoms with E-state index in [1.54, 1.807) is 6.08 Å². The molecule has 1 aliphatic rings. The van der Waals surface area contributed by atoms with Gasteiger partial charge in [0.2, 0.25) is 5.91 Å². The van der Waals surface area contributed by atoms with E-state index in [4.69, 9.17) is 9.47 Å². The second kappa shape index (κ2) is 41.0. The number of hydrogen-bond donors (Lipinski definition) is 6. The highest BCUT2D eigenvalue weighted by Crippen LogP contribution is 2.23. The standard InChI is InChI=1S/C50H97NO8/c1-3-5-7-8-9-10-11-12-13-14-15-16-17-18-19-20-21-22-23-24-25-26-27-28-29-30-31-32-33-34-35-36-38-40-46(54)51-43(44(53)39-37-6-4-2)42-58-50-49(57)48(56)47(55)45(41-52)59-50/h37,39,43-45,47-50,52-53,55-57H,3-36,38,40-42H2,1-2H3,(H,51,54)/b39-37+. The summed E-state index contributed by atoms with van der Waals surface area (Å²) in [5.41, 5.74) is 0. The Morgan fingerprint density at radius 3 is 1.29 bits per heavy atom. The van der Waals surface area contributed by atoms with E-state index in [2.05, 4.69) is 12.2 Å². The molecule has 0 aromatic heterocycles. The Kier molecular flexibility index (Phi) is 38.9. The smallest absolute Gasteiger partial charge is 0.220 e. The number of unbranched alkanes of at least 4 members (excludes halogenated alkanes) is 33. The van der Waals surface area contributed by atoms with Crippen LogP contribution in [0.15, 0.2) is 12.2 Å². The molecule has 0 saturated carbocycles. The zero-order valence-corrected chi connectivity index (χ0v) is 38.5. The SMILES string of the molecule is CCC/C=C/C(O)C(COC1OC(CO)C(O)C(O)C1O)NC(=O)CCCCCCCCCCCCCCCCCCCCCCCCCCCCCCCCCCC. The van der Waals surface area contributed by atoms with Crippen molar-refractivity contribution in [3.63, 3.8) is 0 Å². The lowest BCUT2D eigenvalue weighted by Gasteiger charge is -2.40. The van der Waals surface area contributed by atoms with Crippen LogP contribution in [0, 0.1) is 0 Å². The molecule has 6 N–H and O–H groups in total. The van der Waals surface area contributed by atoms with Crippen LogP contribution < -0.4 is 5.32 Å². The van der Waals surface area contributed by atoms with Crippen LogP contribution in [0.3, 0.4) is 0 Å². The van der Waals surface area contributed by atoms with Gasteiger partial charge >= 0.3 is 0 Å². The Morgan fingerprint density at radius 2 is 0.932 bits per heavy atom. The van der Waals surface area contributed by atoms with E-state index in [9.17, 15) is 30.3 Å². The third-order valence-corrected chi connectivity index (χ3v) is 12.3. The van der Waals surface area contributed by atoms with Crippen LogP contribution in [0.5, 0.6) is 0 Å². The molecular weight excluding hydrogens is 743 g/mol. The van der Waals surface area contributed by atoms with Gasteiger partial charge in [0.1, 0.15) is 24.4 Å². The van der Waals surface area contributed by atoms with E-state index in [0.29, 0.717) is 6.42 Å². The lowest BCUT2D eigenvalue weighted by Crippen LogP contribution is -2.60. The number of allylic oxidation sites excluding steroid dienone is 1. The van der Waals surface area contributed by atoms with E-state index in [1.807, 2.05) is 13.0 Å². The third-order valence-electron chi connectivity index (χ3n) is 12.3. The summed E-state index contributed by atoms with van der Waals surface area (Å²) < 4.78 is 11.1. The van der Waals surface area contributed by atoms with E-state index in [0.717, 1.165) is 32.1 Å². The molecule has 9 nitrogen and oxygen atoms in total. The van der Waals surface area contributed by atoms with Gasteiger partial charge in [0.05, 0.1) is 25.4 Å². The predicted molar refractivity (Wildman–Crippen MR) is 244 cm³/mol. The van der Waals surface area contributed by atoms with Crippen LogP contribution in [0.2, 0.25) is 0 Å². The first kappa shape index (κ1) is 55.9. The van der Waals surface area contributed by atoms with Gasteiger partial charge < -0.3 is 40.3 Å². The molecule has 59 heavy (non-hydrogen) atoms. The highest BCUT2D eigenvalue weighted by molar-refractivity contribution is 5.76. The topological polar surface area (TPSA) is 149 Å². The Bertz CT molecular complexity index is 935. The first-order valence-electron chi connectivity index (χ1n) is 25.4. The van der Waals surface area contributed by atoms with Crippen molar-refractivity contribution in [2.45, 2.75) is 288 Å². The highest BCUT2D eigenvalue weighted by atomic mass is 16.7. The number of hydrogen-bond acceptors (Lipinski definition) is 8. The number of aliphatic hydroxyl groups excluding tert-OH is 5. The zero-order valence-electron chi connectivity index (χ0n) is 38.5. The Labute approximate surface area is 363 Å². The molecule has 1 rings (SSSR count). The van der Waals surface area contributed by atoms with Gasteiger partial charge in [-0.15, -0.1) is 0 Å². The number of aliphatic hydroxyl groups is 5. The largest absolute Gasteiger partial charge is 0.394 e. The summed E-state index contributed by atoms with van der Waals surface area (Å²) in [6, 6.07) is -0.795. The minimum atomic E-state index is -1.56. The number of rotatable bonds is 43. The van der Waals surface area contributed by atoms with Gasteiger partial charge in [0.15, 0.2) is 6.29 Å². The lowest BCUT2D eigenvalue weighted by molar-refractivity contribution is -0.302. The number of carbonyl (C=O) groups is 1. The van der Waals surface area contributed by atoms with E-state index < -0.39 is 49.5 Å². The van der Waals surface area contributed by atoms with Crippen LogP contribution in [0.25, 0.3) is 0 Å². The molecule has 0 radical (unpaired) electrons. The summed E-state index contributed by atoms with van der Waals surface area (Å²) in [5, 5.41) is 53.4. The molecule has 0 aromatic rings. The van der Waals surface area contributed by atoms with Crippen molar-refractivity contribution in [3.05, 3.63) is 12.2 Å². The van der Waals surface area contributed by atoms with Crippen molar-refractivity contribution < 1.29 is 39.8 Å². The molecule has 0 spiro atoms. The van der Waals surface area contributed by atoms with Gasteiger partial charge in [-0.3, -0.25) is 4.79 Å². The van der Waals surface area contributed by atoms with Gasteiger partial charge in [-0.1, -0.05) is 238 Å². The molecule has 9 heteroatoms. The molecule has 1 heterocycles. The molecule has 1 fully saturated rings. The second-order valence-corrected chi connectivity index (χ2v) is 18.0. The molecule has 7 atom stereocenters. The molecule has 1 aliphatic heterocycles. The summed E-state index contributed by atoms with van der Waals surface area (Å²) in [6.45, 7) is 3.58. The molecule has 1 saturated heterocycles. The maximum Gasteiger partial charge on any atom is 0.220 e. The molecule has 7 unspecified atom stereocenters. The summed E-state index contributed by atoms with van der Waals surface area (Å²) in [4.78, 5) is 12.8. The Hall–Kier alpha value is -1.07. The molecule has 1 amide bonds. The van der Waals surface area contributed by atoms with Crippen molar-refractivity contribution in [1.82, 2.24) is 5.32 Å². The number of carbonyl (C=O) groups excluding carboxylic acids is 1. The predicted octanol–water partition coefficient (Wildman–Crippen LogP) is 11.3. The van der Waals surface area contributed by atoms with Crippen molar-refractivity contribution in [1.29, 1.82) is 0 Å². The fourth-order valence-electron chi connectivity index (χ4n) is 8.28. The van der Waals surface area contributed by atoms with Gasteiger partial charge in [-0.2, -0.15) is 0 Å². The average molecular weight is 840 g/mol. The highest BCUT2D eigenvalue weighted by Gasteiger charge is 2.44. The molecule has 0 aliphatic carbocycles. The van der Waals surface area contributed by atoms with Crippen molar-refractivity contribution in [3.8, 4) is 0 Å². The summed E-state index contributed by atoms with van der Waals surface area (Å²) in [7, 11) is 0. The van der Waals surface area contributed by atoms with Crippen LogP contribution in [-0.4, -0.2) is 87.5 Å². The second-order valence-electron chi connectivity index (χ2n) is 18.0. The Balaban J connectivity index is 1.93. The normalized spacial score (nSPS) is 20.7. The van der Waals surface area contributed by atoms with Crippen LogP contribution >= 0.6 is 0 Å². The van der Waals surface area contributed by atoms with Crippen LogP contribution in [0.4, 0.5) is 0 Å². The molecule has 0 aromatic carbocycles. The first-order chi connectivity index (χ1) is 28.8. The van der Waals surface area contributed by atoms with Gasteiger partial charge in [-0.05, 0) is 12.8 Å². The Morgan fingerprint density at radius 1 is 0.559 bits per heavy atom. The molecule has 350 valence electrons. The summed E-state index contributed by atoms with van der Waals surface area (Å²) >= 11 is 0. The minimum absolute atomic E-state index is 0.184. The minimum Gasteiger partial charge on any atom is -0.394 e. The van der Waals surface area contributed by atoms with Crippen molar-refractivity contribution in [2.75, 3.05) is 13.2 Å². The van der Waals surface area contributed by atoms with E-state index >= 15 is 0 Å². The fraction of sp³-hybridized carbons (Fsp3) is 0.940. The first-order valence-corrected chi connectivity index (χ1v) is 25.4. The zero-order chi connectivity index (χ0) is 43.0. The van der Waals surface area contributed by atoms with Crippen molar-refractivity contribution in [2.24, 2.45) is 0 Å². The third kappa shape index (κ3) is 31.4. The van der Waals surface area contributed by atoms with Crippen LogP contribution in [0.1, 0.15) is 245 Å². The number of amides is 1. The number of ether oxygens (including phenoxy) is 2. The fourth-order valence-corrected chi connectivity index (χ4v) is 8.28.